The molecule has 0 spiro atoms. The summed E-state index contributed by atoms with van der Waals surface area (Å²) in [5.74, 6) is -1.58. The molecule has 0 fully saturated rings. The summed E-state index contributed by atoms with van der Waals surface area (Å²) in [5, 5.41) is 17.7. The molecule has 0 bridgehead atoms. The van der Waals surface area contributed by atoms with E-state index in [0.29, 0.717) is 22.7 Å². The van der Waals surface area contributed by atoms with Crippen LogP contribution >= 0.6 is 0 Å². The second kappa shape index (κ2) is 7.88. The lowest BCUT2D eigenvalue weighted by atomic mass is 10.1. The Labute approximate surface area is 178 Å². The normalized spacial score (nSPS) is 13.3. The molecule has 0 saturated carbocycles. The zero-order valence-electron chi connectivity index (χ0n) is 15.9. The zero-order valence-corrected chi connectivity index (χ0v) is 16.7. The number of nitrogens with zero attached hydrogens (tertiary/aromatic N) is 2. The van der Waals surface area contributed by atoms with Gasteiger partial charge in [-0.15, -0.1) is 0 Å². The van der Waals surface area contributed by atoms with E-state index in [1.165, 1.54) is 24.4 Å². The van der Waals surface area contributed by atoms with Crippen molar-refractivity contribution in [2.75, 3.05) is 4.72 Å². The number of H-pyrrole nitrogens is 1. The summed E-state index contributed by atoms with van der Waals surface area (Å²) in [6.45, 7) is 0. The van der Waals surface area contributed by atoms with Crippen LogP contribution in [0.5, 0.6) is 0 Å². The smallest absolute Gasteiger partial charge is 0.380 e. The maximum atomic E-state index is 13.5. The molecule has 0 aliphatic carbocycles. The van der Waals surface area contributed by atoms with Crippen LogP contribution in [0.3, 0.4) is 0 Å². The standard InChI is InChI=1S/C20H14F4N4O3S/c21-15-6-5-12(10-14(15)20(22,23)24)32(30,31)28-11-4-7-16-13(9-11)18(27-26-16)19(29)17-3-1-2-8-25-17/h1-10,19,28-29H,(H,26,27). The summed E-state index contributed by atoms with van der Waals surface area (Å²) < 4.78 is 79.8. The van der Waals surface area contributed by atoms with E-state index in [1.54, 1.807) is 18.2 Å². The maximum Gasteiger partial charge on any atom is 0.419 e. The third kappa shape index (κ3) is 4.14. The van der Waals surface area contributed by atoms with Crippen LogP contribution in [0, 0.1) is 5.82 Å². The lowest BCUT2D eigenvalue weighted by Crippen LogP contribution is -2.15. The first kappa shape index (κ1) is 21.7. The van der Waals surface area contributed by atoms with Gasteiger partial charge in [-0.25, -0.2) is 12.8 Å². The molecular weight excluding hydrogens is 452 g/mol. The van der Waals surface area contributed by atoms with Crippen molar-refractivity contribution in [1.82, 2.24) is 15.2 Å². The van der Waals surface area contributed by atoms with Crippen molar-refractivity contribution in [1.29, 1.82) is 0 Å². The summed E-state index contributed by atoms with van der Waals surface area (Å²) in [5.41, 5.74) is -0.687. The first-order chi connectivity index (χ1) is 15.1. The Balaban J connectivity index is 1.69. The van der Waals surface area contributed by atoms with Crippen molar-refractivity contribution in [3.63, 3.8) is 0 Å². The highest BCUT2D eigenvalue weighted by atomic mass is 32.2. The SMILES string of the molecule is O=S(=O)(Nc1ccc2n[nH]c(C(O)c3ccccn3)c2c1)c1ccc(F)c(C(F)(F)F)c1. The van der Waals surface area contributed by atoms with Gasteiger partial charge in [0.25, 0.3) is 10.0 Å². The van der Waals surface area contributed by atoms with Crippen LogP contribution in [0.1, 0.15) is 23.1 Å². The Kier molecular flexibility index (Phi) is 5.34. The van der Waals surface area contributed by atoms with Gasteiger partial charge < -0.3 is 5.11 Å². The average Bonchev–Trinajstić information content (AvgIpc) is 3.16. The van der Waals surface area contributed by atoms with E-state index in [9.17, 15) is 31.1 Å². The highest BCUT2D eigenvalue weighted by Gasteiger charge is 2.35. The molecule has 12 heteroatoms. The Hall–Kier alpha value is -3.51. The van der Waals surface area contributed by atoms with Crippen LogP contribution in [0.25, 0.3) is 10.9 Å². The predicted molar refractivity (Wildman–Crippen MR) is 107 cm³/mol. The van der Waals surface area contributed by atoms with Crippen molar-refractivity contribution in [3.05, 3.63) is 83.6 Å². The van der Waals surface area contributed by atoms with Crippen molar-refractivity contribution < 1.29 is 31.1 Å². The highest BCUT2D eigenvalue weighted by molar-refractivity contribution is 7.92. The Morgan fingerprint density at radius 3 is 2.53 bits per heavy atom. The largest absolute Gasteiger partial charge is 0.419 e. The topological polar surface area (TPSA) is 108 Å². The second-order valence-corrected chi connectivity index (χ2v) is 8.45. The van der Waals surface area contributed by atoms with Gasteiger partial charge in [-0.3, -0.25) is 14.8 Å². The second-order valence-electron chi connectivity index (χ2n) is 6.77. The first-order valence-corrected chi connectivity index (χ1v) is 10.5. The molecule has 3 N–H and O–H groups in total. The summed E-state index contributed by atoms with van der Waals surface area (Å²) in [6, 6.07) is 10.5. The van der Waals surface area contributed by atoms with Gasteiger partial charge in [0, 0.05) is 17.3 Å². The molecule has 166 valence electrons. The fourth-order valence-corrected chi connectivity index (χ4v) is 4.17. The Morgan fingerprint density at radius 2 is 1.84 bits per heavy atom. The average molecular weight is 466 g/mol. The number of aromatic amines is 1. The number of sulfonamides is 1. The van der Waals surface area contributed by atoms with Crippen LogP contribution in [-0.4, -0.2) is 28.7 Å². The van der Waals surface area contributed by atoms with Gasteiger partial charge in [0.2, 0.25) is 0 Å². The minimum absolute atomic E-state index is 0.00579. The van der Waals surface area contributed by atoms with E-state index in [-0.39, 0.29) is 17.4 Å². The number of aliphatic hydroxyl groups is 1. The molecule has 1 unspecified atom stereocenters. The fraction of sp³-hybridized carbons (Fsp3) is 0.100. The van der Waals surface area contributed by atoms with Crippen LogP contribution in [0.2, 0.25) is 0 Å². The first-order valence-electron chi connectivity index (χ1n) is 9.03. The summed E-state index contributed by atoms with van der Waals surface area (Å²) in [6.07, 6.45) is -4.74. The number of rotatable bonds is 5. The van der Waals surface area contributed by atoms with E-state index in [4.69, 9.17) is 0 Å². The highest BCUT2D eigenvalue weighted by Crippen LogP contribution is 2.33. The monoisotopic (exact) mass is 466 g/mol. The van der Waals surface area contributed by atoms with Crippen molar-refractivity contribution in [2.45, 2.75) is 17.2 Å². The van der Waals surface area contributed by atoms with Crippen molar-refractivity contribution >= 4 is 26.6 Å². The number of hydrogen-bond acceptors (Lipinski definition) is 5. The summed E-state index contributed by atoms with van der Waals surface area (Å²) in [7, 11) is -4.47. The fourth-order valence-electron chi connectivity index (χ4n) is 3.09. The number of aromatic nitrogens is 3. The number of hydrogen-bond donors (Lipinski definition) is 3. The number of nitrogens with one attached hydrogen (secondary N) is 2. The third-order valence-corrected chi connectivity index (χ3v) is 6.01. The van der Waals surface area contributed by atoms with Gasteiger partial charge in [-0.2, -0.15) is 18.3 Å². The van der Waals surface area contributed by atoms with Gasteiger partial charge >= 0.3 is 6.18 Å². The van der Waals surface area contributed by atoms with Gasteiger partial charge in [0.05, 0.1) is 27.4 Å². The number of alkyl halides is 3. The van der Waals surface area contributed by atoms with Crippen LogP contribution < -0.4 is 4.72 Å². The number of halogens is 4. The number of aliphatic hydroxyl groups excluding tert-OH is 1. The molecule has 4 aromatic rings. The maximum absolute atomic E-state index is 13.5. The van der Waals surface area contributed by atoms with E-state index < -0.39 is 38.6 Å². The lowest BCUT2D eigenvalue weighted by molar-refractivity contribution is -0.140. The number of fused-ring (bicyclic) bond motifs is 1. The predicted octanol–water partition coefficient (Wildman–Crippen LogP) is 4.00. The molecule has 0 saturated heterocycles. The molecule has 2 aromatic heterocycles. The van der Waals surface area contributed by atoms with Gasteiger partial charge in [-0.1, -0.05) is 6.07 Å². The molecule has 7 nitrogen and oxygen atoms in total. The number of pyridine rings is 1. The van der Waals surface area contributed by atoms with Gasteiger partial charge in [0.15, 0.2) is 0 Å². The summed E-state index contributed by atoms with van der Waals surface area (Å²) >= 11 is 0. The van der Waals surface area contributed by atoms with E-state index in [1.807, 2.05) is 0 Å². The molecule has 2 aromatic carbocycles. The van der Waals surface area contributed by atoms with E-state index in [0.717, 1.165) is 6.07 Å². The van der Waals surface area contributed by atoms with Gasteiger partial charge in [-0.05, 0) is 48.5 Å². The molecule has 32 heavy (non-hydrogen) atoms. The molecule has 0 aliphatic rings. The molecule has 0 aliphatic heterocycles. The molecule has 0 radical (unpaired) electrons. The summed E-state index contributed by atoms with van der Waals surface area (Å²) in [4.78, 5) is 3.31. The lowest BCUT2D eigenvalue weighted by Gasteiger charge is -2.12. The van der Waals surface area contributed by atoms with Crippen LogP contribution in [0.4, 0.5) is 23.2 Å². The van der Waals surface area contributed by atoms with Gasteiger partial charge in [0.1, 0.15) is 11.9 Å². The van der Waals surface area contributed by atoms with Crippen molar-refractivity contribution in [2.24, 2.45) is 0 Å². The minimum atomic E-state index is -5.05. The Morgan fingerprint density at radius 1 is 1.06 bits per heavy atom. The molecule has 4 rings (SSSR count). The zero-order chi connectivity index (χ0) is 23.1. The Bertz CT molecular complexity index is 1390. The molecule has 0 amide bonds. The molecule has 1 atom stereocenters. The minimum Gasteiger partial charge on any atom is -0.380 e. The van der Waals surface area contributed by atoms with E-state index >= 15 is 0 Å². The van der Waals surface area contributed by atoms with E-state index in [2.05, 4.69) is 19.9 Å². The third-order valence-electron chi connectivity index (χ3n) is 4.63. The molecular formula is C20H14F4N4O3S. The molecule has 2 heterocycles. The van der Waals surface area contributed by atoms with Crippen LogP contribution in [0.15, 0.2) is 65.7 Å². The quantitative estimate of drug-likeness (QED) is 0.386. The number of anilines is 1. The van der Waals surface area contributed by atoms with Crippen molar-refractivity contribution in [3.8, 4) is 0 Å². The number of benzene rings is 2. The van der Waals surface area contributed by atoms with Crippen LogP contribution in [-0.2, 0) is 16.2 Å².